The smallest absolute Gasteiger partial charge is 0.261 e. The van der Waals surface area contributed by atoms with Gasteiger partial charge >= 0.3 is 0 Å². The van der Waals surface area contributed by atoms with Crippen molar-refractivity contribution < 1.29 is 17.6 Å². The van der Waals surface area contributed by atoms with Crippen LogP contribution in [0.2, 0.25) is 0 Å². The Hall–Kier alpha value is -2.46. The number of benzene rings is 3. The molecule has 0 fully saturated rings. The number of halogens is 2. The number of rotatable bonds is 4. The van der Waals surface area contributed by atoms with Gasteiger partial charge in [-0.1, -0.05) is 0 Å². The first-order valence-electron chi connectivity index (χ1n) is 9.32. The second-order valence-electron chi connectivity index (χ2n) is 6.97. The lowest BCUT2D eigenvalue weighted by atomic mass is 10.0. The molecule has 0 radical (unpaired) electrons. The van der Waals surface area contributed by atoms with Gasteiger partial charge in [0, 0.05) is 27.1 Å². The quantitative estimate of drug-likeness (QED) is 0.487. The second-order valence-corrected chi connectivity index (χ2v) is 9.90. The number of hydrogen-bond acceptors (Lipinski definition) is 3. The van der Waals surface area contributed by atoms with Gasteiger partial charge in [-0.25, -0.2) is 12.8 Å². The number of carbonyl (C=O) groups excluding carboxylic acids is 1. The zero-order valence-corrected chi connectivity index (χ0v) is 18.8. The van der Waals surface area contributed by atoms with E-state index in [0.29, 0.717) is 36.3 Å². The minimum atomic E-state index is -3.75. The molecule has 4 rings (SSSR count). The first kappa shape index (κ1) is 20.8. The molecule has 0 aliphatic carbocycles. The maximum Gasteiger partial charge on any atom is 0.261 e. The highest BCUT2D eigenvalue weighted by molar-refractivity contribution is 14.1. The summed E-state index contributed by atoms with van der Waals surface area (Å²) >= 11 is 2.15. The van der Waals surface area contributed by atoms with Gasteiger partial charge in [-0.15, -0.1) is 0 Å². The van der Waals surface area contributed by atoms with E-state index in [1.165, 1.54) is 30.3 Å². The molecule has 0 saturated carbocycles. The van der Waals surface area contributed by atoms with Crippen LogP contribution in [0.3, 0.4) is 0 Å². The van der Waals surface area contributed by atoms with Gasteiger partial charge in [-0.05, 0) is 108 Å². The van der Waals surface area contributed by atoms with Crippen molar-refractivity contribution in [2.45, 2.75) is 17.7 Å². The molecule has 154 valence electrons. The molecule has 0 atom stereocenters. The van der Waals surface area contributed by atoms with E-state index < -0.39 is 15.8 Å². The molecule has 1 aliphatic heterocycles. The molecule has 3 aromatic carbocycles. The van der Waals surface area contributed by atoms with Gasteiger partial charge in [0.1, 0.15) is 5.82 Å². The summed E-state index contributed by atoms with van der Waals surface area (Å²) in [6.07, 6.45) is 1.39. The molecule has 0 spiro atoms. The lowest BCUT2D eigenvalue weighted by Gasteiger charge is -2.30. The van der Waals surface area contributed by atoms with Gasteiger partial charge in [0.15, 0.2) is 0 Å². The van der Waals surface area contributed by atoms with Crippen LogP contribution in [0.1, 0.15) is 22.3 Å². The zero-order chi connectivity index (χ0) is 21.3. The SMILES string of the molecule is O=C(c1ccc(F)cc1)N1CCCc2cc(S(=O)(=O)Nc3ccc(I)cc3)ccc21. The van der Waals surface area contributed by atoms with Crippen LogP contribution in [0.25, 0.3) is 0 Å². The van der Waals surface area contributed by atoms with E-state index in [4.69, 9.17) is 0 Å². The summed E-state index contributed by atoms with van der Waals surface area (Å²) in [5.74, 6) is -0.635. The molecule has 0 bridgehead atoms. The molecule has 3 aromatic rings. The fourth-order valence-electron chi connectivity index (χ4n) is 3.43. The third-order valence-electron chi connectivity index (χ3n) is 4.91. The summed E-state index contributed by atoms with van der Waals surface area (Å²) in [4.78, 5) is 14.7. The van der Waals surface area contributed by atoms with Crippen molar-refractivity contribution in [3.8, 4) is 0 Å². The molecule has 1 N–H and O–H groups in total. The Labute approximate surface area is 188 Å². The summed E-state index contributed by atoms with van der Waals surface area (Å²) < 4.78 is 42.4. The van der Waals surface area contributed by atoms with Crippen molar-refractivity contribution in [2.24, 2.45) is 0 Å². The highest BCUT2D eigenvalue weighted by Crippen LogP contribution is 2.31. The van der Waals surface area contributed by atoms with Gasteiger partial charge in [0.05, 0.1) is 4.90 Å². The monoisotopic (exact) mass is 536 g/mol. The Morgan fingerprint density at radius 2 is 1.70 bits per heavy atom. The number of sulfonamides is 1. The van der Waals surface area contributed by atoms with E-state index in [9.17, 15) is 17.6 Å². The van der Waals surface area contributed by atoms with E-state index in [2.05, 4.69) is 27.3 Å². The highest BCUT2D eigenvalue weighted by Gasteiger charge is 2.25. The first-order chi connectivity index (χ1) is 14.3. The van der Waals surface area contributed by atoms with Gasteiger partial charge in [0.25, 0.3) is 15.9 Å². The van der Waals surface area contributed by atoms with Crippen LogP contribution in [-0.4, -0.2) is 20.9 Å². The maximum absolute atomic E-state index is 13.2. The highest BCUT2D eigenvalue weighted by atomic mass is 127. The zero-order valence-electron chi connectivity index (χ0n) is 15.8. The molecule has 1 heterocycles. The molecular weight excluding hydrogens is 518 g/mol. The van der Waals surface area contributed by atoms with E-state index in [0.717, 1.165) is 9.13 Å². The lowest BCUT2D eigenvalue weighted by molar-refractivity contribution is 0.0985. The Bertz CT molecular complexity index is 1200. The molecular formula is C22H18FIN2O3S. The summed E-state index contributed by atoms with van der Waals surface area (Å²) in [5.41, 5.74) is 2.36. The van der Waals surface area contributed by atoms with E-state index in [1.54, 1.807) is 29.2 Å². The van der Waals surface area contributed by atoms with Crippen molar-refractivity contribution >= 4 is 49.9 Å². The fourth-order valence-corrected chi connectivity index (χ4v) is 4.90. The van der Waals surface area contributed by atoms with Crippen molar-refractivity contribution in [3.05, 3.63) is 87.2 Å². The van der Waals surface area contributed by atoms with Crippen LogP contribution in [0.4, 0.5) is 15.8 Å². The maximum atomic E-state index is 13.2. The lowest BCUT2D eigenvalue weighted by Crippen LogP contribution is -2.35. The van der Waals surface area contributed by atoms with Crippen LogP contribution < -0.4 is 9.62 Å². The van der Waals surface area contributed by atoms with Crippen molar-refractivity contribution in [1.29, 1.82) is 0 Å². The van der Waals surface area contributed by atoms with Crippen molar-refractivity contribution in [2.75, 3.05) is 16.2 Å². The van der Waals surface area contributed by atoms with Crippen LogP contribution in [0.5, 0.6) is 0 Å². The Kier molecular flexibility index (Phi) is 5.79. The molecule has 5 nitrogen and oxygen atoms in total. The standard InChI is InChI=1S/C22H18FIN2O3S/c23-17-5-3-15(4-6-17)22(27)26-13-1-2-16-14-20(11-12-21(16)26)30(28,29)25-19-9-7-18(24)8-10-19/h3-12,14,25H,1-2,13H2. The summed E-state index contributed by atoms with van der Waals surface area (Å²) in [7, 11) is -3.75. The van der Waals surface area contributed by atoms with Crippen molar-refractivity contribution in [1.82, 2.24) is 0 Å². The third-order valence-corrected chi connectivity index (χ3v) is 7.01. The number of aryl methyl sites for hydroxylation is 1. The number of nitrogens with zero attached hydrogens (tertiary/aromatic N) is 1. The molecule has 1 amide bonds. The molecule has 8 heteroatoms. The third kappa shape index (κ3) is 4.34. The summed E-state index contributed by atoms with van der Waals surface area (Å²) in [6, 6.07) is 17.3. The summed E-state index contributed by atoms with van der Waals surface area (Å²) in [6.45, 7) is 0.524. The normalized spacial score (nSPS) is 13.6. The molecule has 30 heavy (non-hydrogen) atoms. The van der Waals surface area contributed by atoms with Crippen LogP contribution in [0.15, 0.2) is 71.6 Å². The van der Waals surface area contributed by atoms with E-state index >= 15 is 0 Å². The Morgan fingerprint density at radius 1 is 1.00 bits per heavy atom. The predicted molar refractivity (Wildman–Crippen MR) is 123 cm³/mol. The predicted octanol–water partition coefficient (Wildman–Crippen LogP) is 4.82. The van der Waals surface area contributed by atoms with Gasteiger partial charge in [-0.2, -0.15) is 0 Å². The van der Waals surface area contributed by atoms with Gasteiger partial charge in [-0.3, -0.25) is 9.52 Å². The number of fused-ring (bicyclic) bond motifs is 1. The first-order valence-corrected chi connectivity index (χ1v) is 11.9. The minimum absolute atomic E-state index is 0.149. The number of carbonyl (C=O) groups is 1. The number of nitrogens with one attached hydrogen (secondary N) is 1. The number of amides is 1. The summed E-state index contributed by atoms with van der Waals surface area (Å²) in [5, 5.41) is 0. The van der Waals surface area contributed by atoms with E-state index in [-0.39, 0.29) is 10.8 Å². The van der Waals surface area contributed by atoms with Gasteiger partial charge < -0.3 is 4.90 Å². The van der Waals surface area contributed by atoms with Crippen LogP contribution >= 0.6 is 22.6 Å². The molecule has 0 saturated heterocycles. The molecule has 1 aliphatic rings. The molecule has 0 unspecified atom stereocenters. The number of hydrogen-bond donors (Lipinski definition) is 1. The average molecular weight is 536 g/mol. The average Bonchev–Trinajstić information content (AvgIpc) is 2.74. The van der Waals surface area contributed by atoms with Crippen LogP contribution in [0, 0.1) is 9.39 Å². The van der Waals surface area contributed by atoms with Crippen molar-refractivity contribution in [3.63, 3.8) is 0 Å². The Balaban J connectivity index is 1.62. The second kappa shape index (κ2) is 8.35. The topological polar surface area (TPSA) is 66.5 Å². The number of anilines is 2. The largest absolute Gasteiger partial charge is 0.308 e. The van der Waals surface area contributed by atoms with Gasteiger partial charge in [0.2, 0.25) is 0 Å². The van der Waals surface area contributed by atoms with E-state index in [1.807, 2.05) is 12.1 Å². The molecule has 0 aromatic heterocycles. The Morgan fingerprint density at radius 3 is 2.40 bits per heavy atom. The van der Waals surface area contributed by atoms with Crippen LogP contribution in [-0.2, 0) is 16.4 Å². The fraction of sp³-hybridized carbons (Fsp3) is 0.136. The minimum Gasteiger partial charge on any atom is -0.308 e.